The second-order valence-electron chi connectivity index (χ2n) is 8.32. The molecule has 2 atom stereocenters. The van der Waals surface area contributed by atoms with Crippen LogP contribution in [0.1, 0.15) is 30.7 Å². The number of anilines is 1. The molecular formula is C24H28FN3O. The first-order valence-electron chi connectivity index (χ1n) is 10.6. The summed E-state index contributed by atoms with van der Waals surface area (Å²) in [5, 5.41) is 1.05. The van der Waals surface area contributed by atoms with Gasteiger partial charge in [0.15, 0.2) is 0 Å². The number of aromatic amines is 1. The molecule has 2 heterocycles. The van der Waals surface area contributed by atoms with E-state index in [4.69, 9.17) is 4.74 Å². The highest BCUT2D eigenvalue weighted by atomic mass is 19.1. The Kier molecular flexibility index (Phi) is 4.92. The van der Waals surface area contributed by atoms with E-state index in [2.05, 4.69) is 39.2 Å². The summed E-state index contributed by atoms with van der Waals surface area (Å²) in [5.74, 6) is 1.28. The molecule has 5 rings (SSSR count). The lowest BCUT2D eigenvalue weighted by molar-refractivity contribution is 0.186. The van der Waals surface area contributed by atoms with Crippen LogP contribution >= 0.6 is 0 Å². The van der Waals surface area contributed by atoms with E-state index in [9.17, 15) is 4.39 Å². The second-order valence-corrected chi connectivity index (χ2v) is 8.32. The normalized spacial score (nSPS) is 23.0. The van der Waals surface area contributed by atoms with Crippen LogP contribution in [0.25, 0.3) is 10.9 Å². The number of piperazine rings is 1. The molecule has 29 heavy (non-hydrogen) atoms. The number of aromatic nitrogens is 1. The molecule has 1 aliphatic carbocycles. The van der Waals surface area contributed by atoms with Crippen molar-refractivity contribution in [2.45, 2.75) is 31.2 Å². The van der Waals surface area contributed by atoms with Gasteiger partial charge in [0.05, 0.1) is 7.11 Å². The zero-order chi connectivity index (χ0) is 19.8. The number of hydrogen-bond acceptors (Lipinski definition) is 3. The number of hydrogen-bond donors (Lipinski definition) is 1. The molecule has 0 radical (unpaired) electrons. The van der Waals surface area contributed by atoms with Crippen molar-refractivity contribution in [3.8, 4) is 5.75 Å². The van der Waals surface area contributed by atoms with Gasteiger partial charge in [0, 0.05) is 61.1 Å². The zero-order valence-corrected chi connectivity index (χ0v) is 16.9. The molecular weight excluding hydrogens is 365 g/mol. The van der Waals surface area contributed by atoms with E-state index in [-0.39, 0.29) is 5.82 Å². The van der Waals surface area contributed by atoms with Crippen LogP contribution in [0.3, 0.4) is 0 Å². The monoisotopic (exact) mass is 393 g/mol. The predicted molar refractivity (Wildman–Crippen MR) is 115 cm³/mol. The van der Waals surface area contributed by atoms with Crippen molar-refractivity contribution < 1.29 is 9.13 Å². The van der Waals surface area contributed by atoms with Gasteiger partial charge < -0.3 is 14.6 Å². The number of halogens is 1. The molecule has 0 spiro atoms. The van der Waals surface area contributed by atoms with Crippen LogP contribution in [0.2, 0.25) is 0 Å². The molecule has 2 fully saturated rings. The molecule has 1 N–H and O–H groups in total. The summed E-state index contributed by atoms with van der Waals surface area (Å²) in [6.07, 6.45) is 5.68. The molecule has 152 valence electrons. The molecule has 1 aromatic heterocycles. The van der Waals surface area contributed by atoms with Gasteiger partial charge in [-0.2, -0.15) is 0 Å². The molecule has 2 unspecified atom stereocenters. The third-order valence-corrected chi connectivity index (χ3v) is 6.77. The standard InChI is InChI=1S/C24H28FN3O/c1-29-21-4-2-3-19(15-21)27-9-11-28(12-10-27)20-7-5-17(13-20)23-16-26-24-8-6-18(25)14-22(23)24/h2-4,6,8,14-17,20,26H,5,7,9-13H2,1H3. The fourth-order valence-electron chi connectivity index (χ4n) is 5.18. The minimum Gasteiger partial charge on any atom is -0.497 e. The Bertz CT molecular complexity index is 993. The molecule has 0 bridgehead atoms. The molecule has 4 nitrogen and oxygen atoms in total. The summed E-state index contributed by atoms with van der Waals surface area (Å²) in [5.41, 5.74) is 3.57. The van der Waals surface area contributed by atoms with Gasteiger partial charge in [-0.05, 0) is 61.1 Å². The number of nitrogens with zero attached hydrogens (tertiary/aromatic N) is 2. The third-order valence-electron chi connectivity index (χ3n) is 6.77. The number of benzene rings is 2. The summed E-state index contributed by atoms with van der Waals surface area (Å²) >= 11 is 0. The minimum atomic E-state index is -0.151. The number of nitrogens with one attached hydrogen (secondary N) is 1. The summed E-state index contributed by atoms with van der Waals surface area (Å²) in [6.45, 7) is 4.29. The Labute approximate surface area is 171 Å². The number of rotatable bonds is 4. The van der Waals surface area contributed by atoms with Gasteiger partial charge >= 0.3 is 0 Å². The van der Waals surface area contributed by atoms with Crippen molar-refractivity contribution in [1.82, 2.24) is 9.88 Å². The quantitative estimate of drug-likeness (QED) is 0.693. The fourth-order valence-corrected chi connectivity index (χ4v) is 5.18. The van der Waals surface area contributed by atoms with Gasteiger partial charge in [-0.15, -0.1) is 0 Å². The van der Waals surface area contributed by atoms with E-state index < -0.39 is 0 Å². The maximum Gasteiger partial charge on any atom is 0.123 e. The Morgan fingerprint density at radius 2 is 1.90 bits per heavy atom. The molecule has 2 aliphatic rings. The molecule has 1 saturated carbocycles. The molecule has 3 aromatic rings. The van der Waals surface area contributed by atoms with Crippen molar-refractivity contribution >= 4 is 16.6 Å². The van der Waals surface area contributed by atoms with Crippen LogP contribution in [-0.2, 0) is 0 Å². The topological polar surface area (TPSA) is 31.5 Å². The lowest BCUT2D eigenvalue weighted by atomic mass is 9.96. The first-order chi connectivity index (χ1) is 14.2. The highest BCUT2D eigenvalue weighted by Crippen LogP contribution is 2.40. The van der Waals surface area contributed by atoms with E-state index in [0.29, 0.717) is 12.0 Å². The molecule has 2 aromatic carbocycles. The van der Waals surface area contributed by atoms with Gasteiger partial charge in [0.1, 0.15) is 11.6 Å². The third kappa shape index (κ3) is 3.60. The van der Waals surface area contributed by atoms with E-state index in [1.165, 1.54) is 36.6 Å². The number of methoxy groups -OCH3 is 1. The fraction of sp³-hybridized carbons (Fsp3) is 0.417. The molecule has 5 heteroatoms. The second kappa shape index (κ2) is 7.71. The Morgan fingerprint density at radius 3 is 2.72 bits per heavy atom. The van der Waals surface area contributed by atoms with Crippen molar-refractivity contribution in [2.75, 3.05) is 38.2 Å². The van der Waals surface area contributed by atoms with Crippen LogP contribution in [0, 0.1) is 5.82 Å². The lowest BCUT2D eigenvalue weighted by Gasteiger charge is -2.39. The minimum absolute atomic E-state index is 0.151. The van der Waals surface area contributed by atoms with Crippen molar-refractivity contribution in [1.29, 1.82) is 0 Å². The van der Waals surface area contributed by atoms with Crippen LogP contribution in [-0.4, -0.2) is 49.2 Å². The van der Waals surface area contributed by atoms with E-state index in [1.54, 1.807) is 13.2 Å². The first-order valence-corrected chi connectivity index (χ1v) is 10.6. The maximum absolute atomic E-state index is 13.7. The number of H-pyrrole nitrogens is 1. The summed E-state index contributed by atoms with van der Waals surface area (Å²) in [6, 6.07) is 14.0. The molecule has 0 amide bonds. The smallest absolute Gasteiger partial charge is 0.123 e. The van der Waals surface area contributed by atoms with Crippen LogP contribution in [0.4, 0.5) is 10.1 Å². The predicted octanol–water partition coefficient (Wildman–Crippen LogP) is 4.77. The summed E-state index contributed by atoms with van der Waals surface area (Å²) in [7, 11) is 1.72. The number of ether oxygens (including phenoxy) is 1. The average molecular weight is 394 g/mol. The lowest BCUT2D eigenvalue weighted by Crippen LogP contribution is -2.49. The largest absolute Gasteiger partial charge is 0.497 e. The Hall–Kier alpha value is -2.53. The van der Waals surface area contributed by atoms with Gasteiger partial charge in [0.2, 0.25) is 0 Å². The number of fused-ring (bicyclic) bond motifs is 1. The Morgan fingerprint density at radius 1 is 1.03 bits per heavy atom. The Balaban J connectivity index is 1.23. The van der Waals surface area contributed by atoms with Crippen LogP contribution in [0.5, 0.6) is 5.75 Å². The van der Waals surface area contributed by atoms with E-state index >= 15 is 0 Å². The van der Waals surface area contributed by atoms with Gasteiger partial charge in [-0.25, -0.2) is 4.39 Å². The first kappa shape index (κ1) is 18.5. The molecule has 1 aliphatic heterocycles. The van der Waals surface area contributed by atoms with E-state index in [1.807, 2.05) is 12.1 Å². The highest BCUT2D eigenvalue weighted by molar-refractivity contribution is 5.83. The van der Waals surface area contributed by atoms with Crippen molar-refractivity contribution in [3.05, 3.63) is 60.0 Å². The summed E-state index contributed by atoms with van der Waals surface area (Å²) in [4.78, 5) is 8.43. The van der Waals surface area contributed by atoms with Gasteiger partial charge in [-0.1, -0.05) is 6.07 Å². The summed E-state index contributed by atoms with van der Waals surface area (Å²) < 4.78 is 19.1. The van der Waals surface area contributed by atoms with Gasteiger partial charge in [0.25, 0.3) is 0 Å². The molecule has 1 saturated heterocycles. The van der Waals surface area contributed by atoms with Crippen molar-refractivity contribution in [3.63, 3.8) is 0 Å². The van der Waals surface area contributed by atoms with Crippen LogP contribution < -0.4 is 9.64 Å². The van der Waals surface area contributed by atoms with Gasteiger partial charge in [-0.3, -0.25) is 4.90 Å². The van der Waals surface area contributed by atoms with Crippen molar-refractivity contribution in [2.24, 2.45) is 0 Å². The maximum atomic E-state index is 13.7. The zero-order valence-electron chi connectivity index (χ0n) is 16.9. The van der Waals surface area contributed by atoms with E-state index in [0.717, 1.165) is 42.8 Å². The highest BCUT2D eigenvalue weighted by Gasteiger charge is 2.33. The average Bonchev–Trinajstić information content (AvgIpc) is 3.40. The van der Waals surface area contributed by atoms with Crippen LogP contribution in [0.15, 0.2) is 48.7 Å². The SMILES string of the molecule is COc1cccc(N2CCN(C3CCC(c4c[nH]c5ccc(F)cc45)C3)CC2)c1.